The van der Waals surface area contributed by atoms with Crippen molar-refractivity contribution in [3.05, 3.63) is 197 Å². The van der Waals surface area contributed by atoms with Crippen molar-refractivity contribution in [2.24, 2.45) is 0 Å². The Hall–Kier alpha value is -5.14. The second-order valence-electron chi connectivity index (χ2n) is 14.5. The molecule has 258 valence electrons. The van der Waals surface area contributed by atoms with E-state index in [4.69, 9.17) is 0 Å². The van der Waals surface area contributed by atoms with Gasteiger partial charge in [0.15, 0.2) is 0 Å². The molecule has 0 heterocycles. The molecule has 0 fully saturated rings. The Bertz CT molecular complexity index is 2010. The molecular weight excluding hydrogens is 615 g/mol. The number of hydrogen-bond donors (Lipinski definition) is 1. The molecule has 1 unspecified atom stereocenters. The Balaban J connectivity index is 1.71. The number of hydrogen-bond acceptors (Lipinski definition) is 1. The van der Waals surface area contributed by atoms with Crippen molar-refractivity contribution in [2.45, 2.75) is 76.5 Å². The molecule has 0 amide bonds. The first-order valence-corrected chi connectivity index (χ1v) is 18.6. The highest BCUT2D eigenvalue weighted by Crippen LogP contribution is 2.59. The summed E-state index contributed by atoms with van der Waals surface area (Å²) in [5.41, 5.74) is 14.1. The monoisotopic (exact) mass is 667 g/mol. The quantitative estimate of drug-likeness (QED) is 0.114. The number of anilines is 1. The van der Waals surface area contributed by atoms with Crippen LogP contribution in [-0.2, 0) is 16.2 Å². The number of nitrogens with one attached hydrogen (secondary N) is 1. The smallest absolute Gasteiger partial charge is 0.0714 e. The van der Waals surface area contributed by atoms with E-state index in [1.807, 2.05) is 18.2 Å². The molecule has 1 nitrogen and oxygen atoms in total. The molecule has 0 radical (unpaired) electrons. The second-order valence-corrected chi connectivity index (χ2v) is 14.5. The summed E-state index contributed by atoms with van der Waals surface area (Å²) in [6.45, 7) is 23.9. The van der Waals surface area contributed by atoms with E-state index in [1.54, 1.807) is 0 Å². The number of fused-ring (bicyclic) bond motifs is 3. The summed E-state index contributed by atoms with van der Waals surface area (Å²) in [5, 5.41) is 3.73. The third-order valence-corrected chi connectivity index (χ3v) is 11.8. The molecule has 6 rings (SSSR count). The van der Waals surface area contributed by atoms with Crippen molar-refractivity contribution >= 4 is 17.8 Å². The minimum Gasteiger partial charge on any atom is -0.359 e. The number of benzene rings is 5. The molecule has 1 aliphatic carbocycles. The lowest BCUT2D eigenvalue weighted by Gasteiger charge is -2.48. The van der Waals surface area contributed by atoms with Gasteiger partial charge in [0.25, 0.3) is 0 Å². The van der Waals surface area contributed by atoms with E-state index >= 15 is 0 Å². The Kier molecular flexibility index (Phi) is 10.2. The van der Waals surface area contributed by atoms with Gasteiger partial charge in [-0.2, -0.15) is 0 Å². The van der Waals surface area contributed by atoms with Gasteiger partial charge in [0.05, 0.1) is 5.41 Å². The first-order valence-electron chi connectivity index (χ1n) is 18.6. The molecule has 0 saturated carbocycles. The van der Waals surface area contributed by atoms with E-state index in [9.17, 15) is 0 Å². The fourth-order valence-corrected chi connectivity index (χ4v) is 9.00. The van der Waals surface area contributed by atoms with Crippen LogP contribution in [0, 0.1) is 0 Å². The Morgan fingerprint density at radius 3 is 1.75 bits per heavy atom. The van der Waals surface area contributed by atoms with Gasteiger partial charge in [-0.3, -0.25) is 0 Å². The molecule has 51 heavy (non-hydrogen) atoms. The summed E-state index contributed by atoms with van der Waals surface area (Å²) >= 11 is 0. The van der Waals surface area contributed by atoms with E-state index in [1.165, 1.54) is 44.5 Å². The van der Waals surface area contributed by atoms with Crippen LogP contribution < -0.4 is 5.32 Å². The summed E-state index contributed by atoms with van der Waals surface area (Å²) < 4.78 is 0. The molecule has 0 bridgehead atoms. The lowest BCUT2D eigenvalue weighted by Crippen LogP contribution is -2.45. The lowest BCUT2D eigenvalue weighted by molar-refractivity contribution is 0.221. The maximum Gasteiger partial charge on any atom is 0.0714 e. The van der Waals surface area contributed by atoms with Gasteiger partial charge in [0.2, 0.25) is 0 Å². The molecule has 1 atom stereocenters. The molecule has 5 aromatic carbocycles. The highest BCUT2D eigenvalue weighted by Gasteiger charge is 2.50. The maximum atomic E-state index is 4.07. The van der Waals surface area contributed by atoms with Crippen molar-refractivity contribution in [1.29, 1.82) is 0 Å². The first-order chi connectivity index (χ1) is 24.7. The van der Waals surface area contributed by atoms with Gasteiger partial charge < -0.3 is 5.32 Å². The van der Waals surface area contributed by atoms with Crippen molar-refractivity contribution in [3.63, 3.8) is 0 Å². The summed E-state index contributed by atoms with van der Waals surface area (Å²) in [6, 6.07) is 43.6. The standard InChI is InChI=1S/C50H53N/c1-9-18-42(13-5)51-43-30-32-45-44-31-29-41(49(14-6,33-10-2)48(7,8)38-19-16-15-17-20-38)34-46(44)50(47(45)35-43,39-25-21-36(11-3)22-26-39)40-27-23-37(12-4)24-28-40/h9,11-12,15-32,34-35,51H,1,3-4,10,13-14,33H2,2,5-8H3/b42-18+. The van der Waals surface area contributed by atoms with Crippen molar-refractivity contribution < 1.29 is 0 Å². The van der Waals surface area contributed by atoms with Crippen LogP contribution in [0.2, 0.25) is 0 Å². The topological polar surface area (TPSA) is 12.0 Å². The minimum absolute atomic E-state index is 0.0870. The van der Waals surface area contributed by atoms with E-state index in [-0.39, 0.29) is 10.8 Å². The molecule has 0 spiro atoms. The average Bonchev–Trinajstić information content (AvgIpc) is 3.46. The maximum absolute atomic E-state index is 4.07. The number of allylic oxidation sites excluding steroid dienone is 3. The van der Waals surface area contributed by atoms with Gasteiger partial charge in [-0.1, -0.05) is 182 Å². The van der Waals surface area contributed by atoms with Crippen LogP contribution in [0.25, 0.3) is 23.3 Å². The average molecular weight is 668 g/mol. The molecule has 0 saturated heterocycles. The van der Waals surface area contributed by atoms with Crippen LogP contribution in [-0.4, -0.2) is 0 Å². The SMILES string of the molecule is C=C/C=C(\CC)Nc1ccc2c(c1)C(c1ccc(C=C)cc1)(c1ccc(C=C)cc1)c1cc(C(CC)(CCC)C(C)(C)c3ccccc3)ccc1-2. The highest BCUT2D eigenvalue weighted by atomic mass is 14.9. The fraction of sp³-hybridized carbons (Fsp3) is 0.240. The zero-order valence-corrected chi connectivity index (χ0v) is 31.2. The second kappa shape index (κ2) is 14.6. The lowest BCUT2D eigenvalue weighted by atomic mass is 9.55. The van der Waals surface area contributed by atoms with Gasteiger partial charge in [-0.25, -0.2) is 0 Å². The Morgan fingerprint density at radius 1 is 0.667 bits per heavy atom. The zero-order chi connectivity index (χ0) is 36.2. The van der Waals surface area contributed by atoms with E-state index < -0.39 is 5.41 Å². The third-order valence-electron chi connectivity index (χ3n) is 11.8. The summed E-state index contributed by atoms with van der Waals surface area (Å²) in [7, 11) is 0. The summed E-state index contributed by atoms with van der Waals surface area (Å²) in [5.74, 6) is 0. The van der Waals surface area contributed by atoms with Crippen LogP contribution in [0.4, 0.5) is 5.69 Å². The van der Waals surface area contributed by atoms with Crippen LogP contribution in [0.5, 0.6) is 0 Å². The Labute approximate surface area is 307 Å². The van der Waals surface area contributed by atoms with Crippen molar-refractivity contribution in [2.75, 3.05) is 5.32 Å². The predicted octanol–water partition coefficient (Wildman–Crippen LogP) is 13.7. The molecule has 5 aromatic rings. The van der Waals surface area contributed by atoms with Crippen LogP contribution >= 0.6 is 0 Å². The van der Waals surface area contributed by atoms with Crippen LogP contribution in [0.1, 0.15) is 105 Å². The normalized spacial score (nSPS) is 14.6. The summed E-state index contributed by atoms with van der Waals surface area (Å²) in [6.07, 6.45) is 11.9. The van der Waals surface area contributed by atoms with Gasteiger partial charge in [-0.05, 0) is 98.5 Å². The molecule has 0 aliphatic heterocycles. The van der Waals surface area contributed by atoms with E-state index in [0.717, 1.165) is 48.2 Å². The molecule has 1 N–H and O–H groups in total. The zero-order valence-electron chi connectivity index (χ0n) is 31.2. The van der Waals surface area contributed by atoms with Gasteiger partial charge in [-0.15, -0.1) is 0 Å². The molecular formula is C50H53N. The van der Waals surface area contributed by atoms with Gasteiger partial charge in [0.1, 0.15) is 0 Å². The fourth-order valence-electron chi connectivity index (χ4n) is 9.00. The van der Waals surface area contributed by atoms with Crippen LogP contribution in [0.15, 0.2) is 153 Å². The highest BCUT2D eigenvalue weighted by molar-refractivity contribution is 5.88. The third kappa shape index (κ3) is 5.93. The van der Waals surface area contributed by atoms with Crippen molar-refractivity contribution in [3.8, 4) is 11.1 Å². The van der Waals surface area contributed by atoms with E-state index in [2.05, 4.69) is 181 Å². The minimum atomic E-state index is -0.561. The van der Waals surface area contributed by atoms with Crippen molar-refractivity contribution in [1.82, 2.24) is 0 Å². The molecule has 1 aliphatic rings. The van der Waals surface area contributed by atoms with E-state index in [0.29, 0.717) is 0 Å². The Morgan fingerprint density at radius 2 is 1.24 bits per heavy atom. The summed E-state index contributed by atoms with van der Waals surface area (Å²) in [4.78, 5) is 0. The first kappa shape index (κ1) is 35.7. The largest absolute Gasteiger partial charge is 0.359 e. The van der Waals surface area contributed by atoms with Gasteiger partial charge >= 0.3 is 0 Å². The molecule has 0 aromatic heterocycles. The van der Waals surface area contributed by atoms with Crippen LogP contribution in [0.3, 0.4) is 0 Å². The number of rotatable bonds is 14. The molecule has 1 heteroatoms. The van der Waals surface area contributed by atoms with Gasteiger partial charge in [0, 0.05) is 16.8 Å². The predicted molar refractivity (Wildman–Crippen MR) is 222 cm³/mol.